The summed E-state index contributed by atoms with van der Waals surface area (Å²) >= 11 is 1.44. The molecule has 1 fully saturated rings. The first-order valence-electron chi connectivity index (χ1n) is 16.9. The summed E-state index contributed by atoms with van der Waals surface area (Å²) < 4.78 is 0. The van der Waals surface area contributed by atoms with Crippen molar-refractivity contribution in [2.24, 2.45) is 10.9 Å². The molecule has 2 heterocycles. The Kier molecular flexibility index (Phi) is 19.8. The minimum Gasteiger partial charge on any atom is -0.355 e. The van der Waals surface area contributed by atoms with Crippen molar-refractivity contribution in [2.75, 3.05) is 44.7 Å². The maximum Gasteiger partial charge on any atom is 0.256 e. The smallest absolute Gasteiger partial charge is 0.256 e. The zero-order valence-corrected chi connectivity index (χ0v) is 31.2. The van der Waals surface area contributed by atoms with Crippen molar-refractivity contribution in [3.05, 3.63) is 75.5 Å². The third-order valence-corrected chi connectivity index (χ3v) is 8.52. The lowest BCUT2D eigenvalue weighted by Crippen LogP contribution is -2.31. The molecule has 1 saturated heterocycles. The van der Waals surface area contributed by atoms with Gasteiger partial charge in [-0.05, 0) is 89.4 Å². The molecule has 2 aromatic rings. The molecule has 0 aliphatic carbocycles. The van der Waals surface area contributed by atoms with E-state index in [1.165, 1.54) is 18.2 Å². The van der Waals surface area contributed by atoms with E-state index in [4.69, 9.17) is 4.98 Å². The summed E-state index contributed by atoms with van der Waals surface area (Å²) in [5.41, 5.74) is 3.20. The van der Waals surface area contributed by atoms with E-state index in [-0.39, 0.29) is 11.4 Å². The molecule has 1 aliphatic rings. The fourth-order valence-electron chi connectivity index (χ4n) is 4.46. The van der Waals surface area contributed by atoms with Gasteiger partial charge in [0.05, 0.1) is 11.3 Å². The van der Waals surface area contributed by atoms with E-state index in [2.05, 4.69) is 54.9 Å². The number of carbonyl (C=O) groups is 2. The highest BCUT2D eigenvalue weighted by Gasteiger charge is 2.26. The number of nitrogens with one attached hydrogen (secondary N) is 1. The van der Waals surface area contributed by atoms with Crippen LogP contribution in [0.4, 0.5) is 5.82 Å². The number of allylic oxidation sites excluding steroid dienone is 1. The highest BCUT2D eigenvalue weighted by atomic mass is 32.2. The molecule has 0 radical (unpaired) electrons. The summed E-state index contributed by atoms with van der Waals surface area (Å²) in [6.45, 7) is 24.3. The number of ketones is 1. The van der Waals surface area contributed by atoms with E-state index in [1.54, 1.807) is 6.20 Å². The van der Waals surface area contributed by atoms with E-state index < -0.39 is 5.91 Å². The van der Waals surface area contributed by atoms with E-state index in [1.807, 2.05) is 84.2 Å². The molecule has 1 amide bonds. The topological polar surface area (TPSA) is 77.9 Å². The Balaban J connectivity index is 0.00000199. The molecule has 1 aromatic carbocycles. The molecule has 1 N–H and O–H groups in total. The van der Waals surface area contributed by atoms with Crippen molar-refractivity contribution < 1.29 is 9.59 Å². The highest BCUT2D eigenvalue weighted by molar-refractivity contribution is 8.03. The maximum absolute atomic E-state index is 14.0. The second kappa shape index (κ2) is 22.3. The SMILES string of the molecule is CC.CCC.CCC(C)C=N/C=C(\C)CNC(=O)/C(C(=O)c1ccc(N2CCCN(C)CC2)nc1C)=C(/C)Sc1ccccc1C. The summed E-state index contributed by atoms with van der Waals surface area (Å²) in [5.74, 6) is 0.552. The average Bonchev–Trinajstić information content (AvgIpc) is 3.26. The van der Waals surface area contributed by atoms with Gasteiger partial charge in [0.2, 0.25) is 5.78 Å². The normalized spacial score (nSPS) is 15.1. The molecule has 1 aromatic heterocycles. The van der Waals surface area contributed by atoms with Gasteiger partial charge in [0, 0.05) is 54.0 Å². The molecular weight excluding hydrogens is 591 g/mol. The Bertz CT molecular complexity index is 1330. The molecule has 1 atom stereocenters. The van der Waals surface area contributed by atoms with E-state index in [0.717, 1.165) is 60.9 Å². The lowest BCUT2D eigenvalue weighted by atomic mass is 10.0. The molecule has 0 bridgehead atoms. The zero-order chi connectivity index (χ0) is 34.6. The number of nitrogens with zero attached hydrogens (tertiary/aromatic N) is 4. The van der Waals surface area contributed by atoms with Crippen LogP contribution in [0.1, 0.15) is 96.3 Å². The van der Waals surface area contributed by atoms with Crippen molar-refractivity contribution in [1.29, 1.82) is 0 Å². The van der Waals surface area contributed by atoms with Crippen LogP contribution in [0.5, 0.6) is 0 Å². The summed E-state index contributed by atoms with van der Waals surface area (Å²) in [6, 6.07) is 11.7. The van der Waals surface area contributed by atoms with Crippen LogP contribution in [0.15, 0.2) is 68.5 Å². The number of benzene rings is 1. The van der Waals surface area contributed by atoms with Crippen molar-refractivity contribution >= 4 is 35.5 Å². The number of anilines is 1. The second-order valence-corrected chi connectivity index (χ2v) is 12.9. The Morgan fingerprint density at radius 3 is 2.33 bits per heavy atom. The Morgan fingerprint density at radius 2 is 1.70 bits per heavy atom. The van der Waals surface area contributed by atoms with Gasteiger partial charge in [-0.3, -0.25) is 14.6 Å². The Morgan fingerprint density at radius 1 is 1.02 bits per heavy atom. The number of Topliss-reactive ketones (excluding diaryl/α,β-unsaturated/α-hetero) is 1. The van der Waals surface area contributed by atoms with Crippen molar-refractivity contribution in [2.45, 2.75) is 93.4 Å². The fraction of sp³-hybridized carbons (Fsp3) is 0.526. The molecular formula is C38H59N5O2S. The van der Waals surface area contributed by atoms with Gasteiger partial charge in [0.1, 0.15) is 5.82 Å². The predicted molar refractivity (Wildman–Crippen MR) is 199 cm³/mol. The van der Waals surface area contributed by atoms with Gasteiger partial charge in [-0.25, -0.2) is 4.98 Å². The number of amides is 1. The summed E-state index contributed by atoms with van der Waals surface area (Å²) in [7, 11) is 2.14. The molecule has 254 valence electrons. The predicted octanol–water partition coefficient (Wildman–Crippen LogP) is 8.67. The largest absolute Gasteiger partial charge is 0.355 e. The monoisotopic (exact) mass is 649 g/mol. The number of aryl methyl sites for hydroxylation is 2. The molecule has 8 heteroatoms. The zero-order valence-electron chi connectivity index (χ0n) is 30.4. The quantitative estimate of drug-likeness (QED) is 0.0656. The number of carbonyl (C=O) groups excluding carboxylic acids is 2. The van der Waals surface area contributed by atoms with Crippen LogP contribution in [0, 0.1) is 19.8 Å². The van der Waals surface area contributed by atoms with Crippen molar-refractivity contribution in [3.63, 3.8) is 0 Å². The van der Waals surface area contributed by atoms with Crippen LogP contribution < -0.4 is 10.2 Å². The van der Waals surface area contributed by atoms with Gasteiger partial charge in [-0.1, -0.05) is 77.9 Å². The van der Waals surface area contributed by atoms with Crippen LogP contribution in [-0.2, 0) is 4.79 Å². The number of aliphatic imine (C=N–C) groups is 1. The Hall–Kier alpha value is -3.23. The van der Waals surface area contributed by atoms with Crippen LogP contribution >= 0.6 is 11.8 Å². The van der Waals surface area contributed by atoms with Gasteiger partial charge in [0.25, 0.3) is 5.91 Å². The van der Waals surface area contributed by atoms with Gasteiger partial charge in [0.15, 0.2) is 0 Å². The van der Waals surface area contributed by atoms with E-state index in [0.29, 0.717) is 28.6 Å². The standard InChI is InChI=1S/C33H45N5O2S.C3H8.C2H6/c1-8-23(2)20-34-21-24(3)22-35-33(40)31(27(6)41-29-13-10-9-12-25(29)4)32(39)28-14-15-30(36-26(28)5)38-17-11-16-37(7)18-19-38;1-3-2;1-2/h9-10,12-15,20-21,23H,8,11,16-19,22H2,1-7H3,(H,35,40);3H2,1-2H3;1-2H3/b24-21+,31-27-,34-20?;;. The van der Waals surface area contributed by atoms with Crippen LogP contribution in [0.25, 0.3) is 0 Å². The van der Waals surface area contributed by atoms with Gasteiger partial charge < -0.3 is 15.1 Å². The van der Waals surface area contributed by atoms with Crippen LogP contribution in [0.2, 0.25) is 0 Å². The van der Waals surface area contributed by atoms with Gasteiger partial charge in [-0.2, -0.15) is 0 Å². The Labute approximate surface area is 284 Å². The summed E-state index contributed by atoms with van der Waals surface area (Å²) in [5, 5.41) is 2.95. The third kappa shape index (κ3) is 13.6. The number of hydrogen-bond donors (Lipinski definition) is 1. The van der Waals surface area contributed by atoms with Crippen molar-refractivity contribution in [3.8, 4) is 0 Å². The van der Waals surface area contributed by atoms with Crippen molar-refractivity contribution in [1.82, 2.24) is 15.2 Å². The first kappa shape index (κ1) is 40.8. The molecule has 7 nitrogen and oxygen atoms in total. The third-order valence-electron chi connectivity index (χ3n) is 7.33. The number of aromatic nitrogens is 1. The molecule has 0 spiro atoms. The minimum atomic E-state index is -0.397. The van der Waals surface area contributed by atoms with Crippen LogP contribution in [-0.4, -0.2) is 67.6 Å². The molecule has 1 unspecified atom stereocenters. The maximum atomic E-state index is 14.0. The minimum absolute atomic E-state index is 0.142. The van der Waals surface area contributed by atoms with E-state index >= 15 is 0 Å². The fourth-order valence-corrected chi connectivity index (χ4v) is 5.45. The second-order valence-electron chi connectivity index (χ2n) is 11.6. The molecule has 1 aliphatic heterocycles. The lowest BCUT2D eigenvalue weighted by molar-refractivity contribution is -0.117. The first-order valence-corrected chi connectivity index (χ1v) is 17.7. The van der Waals surface area contributed by atoms with Gasteiger partial charge >= 0.3 is 0 Å². The highest BCUT2D eigenvalue weighted by Crippen LogP contribution is 2.32. The first-order chi connectivity index (χ1) is 22.0. The van der Waals surface area contributed by atoms with Crippen LogP contribution in [0.3, 0.4) is 0 Å². The van der Waals surface area contributed by atoms with E-state index in [9.17, 15) is 9.59 Å². The number of hydrogen-bond acceptors (Lipinski definition) is 7. The molecule has 0 saturated carbocycles. The molecule has 46 heavy (non-hydrogen) atoms. The summed E-state index contributed by atoms with van der Waals surface area (Å²) in [6.07, 6.45) is 7.01. The molecule has 3 rings (SSSR count). The lowest BCUT2D eigenvalue weighted by Gasteiger charge is -2.22. The average molecular weight is 650 g/mol. The number of pyridine rings is 1. The number of rotatable bonds is 11. The number of thioether (sulfide) groups is 1. The van der Waals surface area contributed by atoms with Gasteiger partial charge in [-0.15, -0.1) is 0 Å². The summed E-state index contributed by atoms with van der Waals surface area (Å²) in [4.78, 5) is 43.1. The number of likely N-dealkylation sites (N-methyl/N-ethyl adjacent to an activating group) is 1.